The zero-order valence-electron chi connectivity index (χ0n) is 11.8. The highest BCUT2D eigenvalue weighted by molar-refractivity contribution is 5.94. The number of aryl methyl sites for hydroxylation is 1. The van der Waals surface area contributed by atoms with Gasteiger partial charge in [-0.15, -0.1) is 0 Å². The van der Waals surface area contributed by atoms with Crippen LogP contribution in [-0.2, 0) is 6.54 Å². The highest BCUT2D eigenvalue weighted by Gasteiger charge is 2.05. The lowest BCUT2D eigenvalue weighted by Crippen LogP contribution is -2.23. The summed E-state index contributed by atoms with van der Waals surface area (Å²) in [6.45, 7) is 5.28. The van der Waals surface area contributed by atoms with Crippen molar-refractivity contribution in [1.29, 1.82) is 0 Å². The Bertz CT molecular complexity index is 579. The first-order valence-electron chi connectivity index (χ1n) is 6.73. The molecule has 1 amide bonds. The van der Waals surface area contributed by atoms with Gasteiger partial charge in [0.2, 0.25) is 0 Å². The van der Waals surface area contributed by atoms with Crippen LogP contribution in [0.3, 0.4) is 0 Å². The van der Waals surface area contributed by atoms with Crippen molar-refractivity contribution in [3.63, 3.8) is 0 Å². The molecule has 4 heteroatoms. The minimum atomic E-state index is -0.0867. The van der Waals surface area contributed by atoms with Crippen LogP contribution in [0.4, 0.5) is 5.69 Å². The summed E-state index contributed by atoms with van der Waals surface area (Å²) < 4.78 is 0. The van der Waals surface area contributed by atoms with E-state index in [-0.39, 0.29) is 5.91 Å². The smallest absolute Gasteiger partial charge is 0.251 e. The van der Waals surface area contributed by atoms with E-state index in [0.29, 0.717) is 12.1 Å². The molecule has 4 nitrogen and oxygen atoms in total. The second kappa shape index (κ2) is 6.70. The fraction of sp³-hybridized carbons (Fsp3) is 0.250. The molecule has 20 heavy (non-hydrogen) atoms. The van der Waals surface area contributed by atoms with E-state index in [1.54, 1.807) is 0 Å². The molecule has 0 fully saturated rings. The molecule has 0 radical (unpaired) electrons. The van der Waals surface area contributed by atoms with Crippen LogP contribution in [0.15, 0.2) is 42.5 Å². The molecule has 0 atom stereocenters. The van der Waals surface area contributed by atoms with Crippen LogP contribution in [-0.4, -0.2) is 17.4 Å². The van der Waals surface area contributed by atoms with Gasteiger partial charge in [0.05, 0.1) is 12.2 Å². The third-order valence-electron chi connectivity index (χ3n) is 2.90. The van der Waals surface area contributed by atoms with E-state index in [1.165, 1.54) is 0 Å². The van der Waals surface area contributed by atoms with Gasteiger partial charge in [0, 0.05) is 23.5 Å². The largest absolute Gasteiger partial charge is 0.385 e. The lowest BCUT2D eigenvalue weighted by Gasteiger charge is -2.07. The van der Waals surface area contributed by atoms with Crippen molar-refractivity contribution in [3.8, 4) is 0 Å². The molecule has 0 spiro atoms. The number of aromatic nitrogens is 1. The van der Waals surface area contributed by atoms with Gasteiger partial charge in [-0.1, -0.05) is 6.07 Å². The number of carbonyl (C=O) groups is 1. The average Bonchev–Trinajstić information content (AvgIpc) is 2.46. The SMILES string of the molecule is CCNc1ccc(C(=O)NCc2cccc(C)n2)cc1. The van der Waals surface area contributed by atoms with E-state index in [0.717, 1.165) is 23.6 Å². The minimum Gasteiger partial charge on any atom is -0.385 e. The Kier molecular flexibility index (Phi) is 4.71. The number of nitrogens with zero attached hydrogens (tertiary/aromatic N) is 1. The zero-order valence-corrected chi connectivity index (χ0v) is 11.8. The molecule has 1 heterocycles. The summed E-state index contributed by atoms with van der Waals surface area (Å²) in [4.78, 5) is 16.4. The Morgan fingerprint density at radius 2 is 1.90 bits per heavy atom. The molecule has 0 aliphatic rings. The van der Waals surface area contributed by atoms with Crippen LogP contribution < -0.4 is 10.6 Å². The van der Waals surface area contributed by atoms with E-state index in [1.807, 2.05) is 56.3 Å². The zero-order chi connectivity index (χ0) is 14.4. The van der Waals surface area contributed by atoms with E-state index >= 15 is 0 Å². The van der Waals surface area contributed by atoms with Crippen molar-refractivity contribution >= 4 is 11.6 Å². The quantitative estimate of drug-likeness (QED) is 0.877. The molecule has 1 aromatic heterocycles. The van der Waals surface area contributed by atoms with Crippen molar-refractivity contribution < 1.29 is 4.79 Å². The van der Waals surface area contributed by atoms with Gasteiger partial charge in [0.25, 0.3) is 5.91 Å². The lowest BCUT2D eigenvalue weighted by molar-refractivity contribution is 0.0950. The summed E-state index contributed by atoms with van der Waals surface area (Å²) in [7, 11) is 0. The Hall–Kier alpha value is -2.36. The summed E-state index contributed by atoms with van der Waals surface area (Å²) >= 11 is 0. The van der Waals surface area contributed by atoms with Gasteiger partial charge in [0.15, 0.2) is 0 Å². The molecule has 2 aromatic rings. The molecule has 1 aromatic carbocycles. The van der Waals surface area contributed by atoms with Gasteiger partial charge in [-0.2, -0.15) is 0 Å². The molecule has 0 saturated carbocycles. The summed E-state index contributed by atoms with van der Waals surface area (Å²) in [6, 6.07) is 13.2. The lowest BCUT2D eigenvalue weighted by atomic mass is 10.2. The number of hydrogen-bond donors (Lipinski definition) is 2. The highest BCUT2D eigenvalue weighted by Crippen LogP contribution is 2.09. The number of hydrogen-bond acceptors (Lipinski definition) is 3. The molecule has 0 aliphatic heterocycles. The van der Waals surface area contributed by atoms with Crippen LogP contribution in [0.5, 0.6) is 0 Å². The summed E-state index contributed by atoms with van der Waals surface area (Å²) in [5, 5.41) is 6.07. The third kappa shape index (κ3) is 3.82. The van der Waals surface area contributed by atoms with Crippen LogP contribution in [0.25, 0.3) is 0 Å². The van der Waals surface area contributed by atoms with E-state index in [9.17, 15) is 4.79 Å². The van der Waals surface area contributed by atoms with E-state index < -0.39 is 0 Å². The second-order valence-electron chi connectivity index (χ2n) is 4.56. The number of nitrogens with one attached hydrogen (secondary N) is 2. The summed E-state index contributed by atoms with van der Waals surface area (Å²) in [5.74, 6) is -0.0867. The molecule has 0 unspecified atom stereocenters. The van der Waals surface area contributed by atoms with Crippen molar-refractivity contribution in [3.05, 3.63) is 59.4 Å². The molecule has 2 rings (SSSR count). The molecule has 0 saturated heterocycles. The van der Waals surface area contributed by atoms with Gasteiger partial charge in [-0.3, -0.25) is 9.78 Å². The fourth-order valence-electron chi connectivity index (χ4n) is 1.91. The van der Waals surface area contributed by atoms with Gasteiger partial charge in [0.1, 0.15) is 0 Å². The van der Waals surface area contributed by atoms with Crippen LogP contribution in [0, 0.1) is 6.92 Å². The third-order valence-corrected chi connectivity index (χ3v) is 2.90. The summed E-state index contributed by atoms with van der Waals surface area (Å²) in [6.07, 6.45) is 0. The standard InChI is InChI=1S/C16H19N3O/c1-3-17-14-9-7-13(8-10-14)16(20)18-11-15-6-4-5-12(2)19-15/h4-10,17H,3,11H2,1-2H3,(H,18,20). The molecule has 0 bridgehead atoms. The Morgan fingerprint density at radius 1 is 1.15 bits per heavy atom. The van der Waals surface area contributed by atoms with Crippen molar-refractivity contribution in [2.45, 2.75) is 20.4 Å². The normalized spacial score (nSPS) is 10.1. The second-order valence-corrected chi connectivity index (χ2v) is 4.56. The number of carbonyl (C=O) groups excluding carboxylic acids is 1. The maximum atomic E-state index is 12.0. The highest BCUT2D eigenvalue weighted by atomic mass is 16.1. The van der Waals surface area contributed by atoms with E-state index in [2.05, 4.69) is 15.6 Å². The molecule has 2 N–H and O–H groups in total. The molecular formula is C16H19N3O. The Morgan fingerprint density at radius 3 is 2.55 bits per heavy atom. The Balaban J connectivity index is 1.94. The van der Waals surface area contributed by atoms with Crippen molar-refractivity contribution in [2.24, 2.45) is 0 Å². The number of anilines is 1. The minimum absolute atomic E-state index is 0.0867. The van der Waals surface area contributed by atoms with Crippen LogP contribution in [0.1, 0.15) is 28.7 Å². The van der Waals surface area contributed by atoms with Crippen LogP contribution >= 0.6 is 0 Å². The maximum absolute atomic E-state index is 12.0. The van der Waals surface area contributed by atoms with Crippen molar-refractivity contribution in [1.82, 2.24) is 10.3 Å². The fourth-order valence-corrected chi connectivity index (χ4v) is 1.91. The predicted molar refractivity (Wildman–Crippen MR) is 80.7 cm³/mol. The predicted octanol–water partition coefficient (Wildman–Crippen LogP) is 2.75. The molecule has 104 valence electrons. The molecular weight excluding hydrogens is 250 g/mol. The molecule has 0 aliphatic carbocycles. The Labute approximate surface area is 119 Å². The number of benzene rings is 1. The van der Waals surface area contributed by atoms with Crippen LogP contribution in [0.2, 0.25) is 0 Å². The van der Waals surface area contributed by atoms with Gasteiger partial charge in [-0.25, -0.2) is 0 Å². The van der Waals surface area contributed by atoms with E-state index in [4.69, 9.17) is 0 Å². The monoisotopic (exact) mass is 269 g/mol. The average molecular weight is 269 g/mol. The first kappa shape index (κ1) is 14.1. The van der Waals surface area contributed by atoms with Gasteiger partial charge in [-0.05, 0) is 50.2 Å². The number of amides is 1. The summed E-state index contributed by atoms with van der Waals surface area (Å²) in [5.41, 5.74) is 3.48. The van der Waals surface area contributed by atoms with Gasteiger partial charge >= 0.3 is 0 Å². The van der Waals surface area contributed by atoms with Gasteiger partial charge < -0.3 is 10.6 Å². The number of rotatable bonds is 5. The topological polar surface area (TPSA) is 54.0 Å². The van der Waals surface area contributed by atoms with Crippen molar-refractivity contribution in [2.75, 3.05) is 11.9 Å². The first-order valence-corrected chi connectivity index (χ1v) is 6.73. The maximum Gasteiger partial charge on any atom is 0.251 e. The number of pyridine rings is 1. The first-order chi connectivity index (χ1) is 9.69.